The van der Waals surface area contributed by atoms with Crippen LogP contribution >= 0.6 is 0 Å². The smallest absolute Gasteiger partial charge is 0.317 e. The summed E-state index contributed by atoms with van der Waals surface area (Å²) in [5, 5.41) is 12.2. The number of likely N-dealkylation sites (tertiary alicyclic amines) is 1. The maximum absolute atomic E-state index is 12.5. The van der Waals surface area contributed by atoms with E-state index < -0.39 is 5.97 Å². The quantitative estimate of drug-likeness (QED) is 0.834. The van der Waals surface area contributed by atoms with E-state index in [4.69, 9.17) is 4.74 Å². The number of carbonyl (C=O) groups excluding carboxylic acids is 1. The average molecular weight is 334 g/mol. The van der Waals surface area contributed by atoms with Gasteiger partial charge < -0.3 is 20.1 Å². The minimum absolute atomic E-state index is 0.0444. The van der Waals surface area contributed by atoms with Gasteiger partial charge in [0.15, 0.2) is 0 Å². The van der Waals surface area contributed by atoms with Crippen molar-refractivity contribution in [1.29, 1.82) is 0 Å². The molecule has 3 unspecified atom stereocenters. The molecule has 3 atom stereocenters. The number of rotatable bonds is 6. The van der Waals surface area contributed by atoms with Crippen molar-refractivity contribution in [3.05, 3.63) is 35.9 Å². The third-order valence-electron chi connectivity index (χ3n) is 4.53. The maximum atomic E-state index is 12.5. The number of aliphatic carboxylic acids is 1. The van der Waals surface area contributed by atoms with Crippen molar-refractivity contribution in [3.63, 3.8) is 0 Å². The van der Waals surface area contributed by atoms with E-state index >= 15 is 0 Å². The first-order valence-corrected chi connectivity index (χ1v) is 8.32. The van der Waals surface area contributed by atoms with E-state index in [0.717, 1.165) is 5.56 Å². The lowest BCUT2D eigenvalue weighted by Crippen LogP contribution is -2.52. The molecule has 1 aliphatic rings. The molecule has 2 N–H and O–H groups in total. The standard InChI is InChI=1S/C18H26N2O4/c1-13-11-20(9-8-16(13)17(21)22)18(23)19-15(12-24-2)10-14-6-4-3-5-7-14/h3-7,13,15-16H,8-12H2,1-2H3,(H,19,23)(H,21,22). The number of amides is 2. The third kappa shape index (κ3) is 4.96. The van der Waals surface area contributed by atoms with Crippen LogP contribution in [0, 0.1) is 11.8 Å². The van der Waals surface area contributed by atoms with Gasteiger partial charge in [-0.1, -0.05) is 37.3 Å². The third-order valence-corrected chi connectivity index (χ3v) is 4.53. The molecule has 24 heavy (non-hydrogen) atoms. The first-order valence-electron chi connectivity index (χ1n) is 8.32. The largest absolute Gasteiger partial charge is 0.481 e. The summed E-state index contributed by atoms with van der Waals surface area (Å²) in [5.74, 6) is -1.19. The van der Waals surface area contributed by atoms with Gasteiger partial charge in [0.25, 0.3) is 0 Å². The summed E-state index contributed by atoms with van der Waals surface area (Å²) in [5.41, 5.74) is 1.14. The number of hydrogen-bond donors (Lipinski definition) is 2. The number of carboxylic acid groups (broad SMARTS) is 1. The van der Waals surface area contributed by atoms with Gasteiger partial charge in [0.05, 0.1) is 18.6 Å². The lowest BCUT2D eigenvalue weighted by Gasteiger charge is -2.35. The Morgan fingerprint density at radius 2 is 2.08 bits per heavy atom. The van der Waals surface area contributed by atoms with E-state index in [2.05, 4.69) is 5.32 Å². The van der Waals surface area contributed by atoms with Gasteiger partial charge in [-0.3, -0.25) is 4.79 Å². The van der Waals surface area contributed by atoms with E-state index in [1.807, 2.05) is 37.3 Å². The second-order valence-electron chi connectivity index (χ2n) is 6.45. The van der Waals surface area contributed by atoms with E-state index in [0.29, 0.717) is 32.5 Å². The zero-order valence-corrected chi connectivity index (χ0v) is 14.3. The van der Waals surface area contributed by atoms with Crippen LogP contribution in [0.5, 0.6) is 0 Å². The highest BCUT2D eigenvalue weighted by molar-refractivity contribution is 5.76. The number of ether oxygens (including phenoxy) is 1. The minimum Gasteiger partial charge on any atom is -0.481 e. The Morgan fingerprint density at radius 3 is 2.67 bits per heavy atom. The molecule has 1 saturated heterocycles. The van der Waals surface area contributed by atoms with Crippen LogP contribution in [0.4, 0.5) is 4.79 Å². The fraction of sp³-hybridized carbons (Fsp3) is 0.556. The molecule has 6 heteroatoms. The van der Waals surface area contributed by atoms with E-state index in [1.54, 1.807) is 12.0 Å². The lowest BCUT2D eigenvalue weighted by atomic mass is 9.87. The highest BCUT2D eigenvalue weighted by Gasteiger charge is 2.33. The van der Waals surface area contributed by atoms with Crippen molar-refractivity contribution in [2.45, 2.75) is 25.8 Å². The number of nitrogens with zero attached hydrogens (tertiary/aromatic N) is 1. The summed E-state index contributed by atoms with van der Waals surface area (Å²) in [7, 11) is 1.62. The molecular weight excluding hydrogens is 308 g/mol. The molecule has 1 aliphatic heterocycles. The van der Waals surface area contributed by atoms with E-state index in [-0.39, 0.29) is 23.9 Å². The highest BCUT2D eigenvalue weighted by atomic mass is 16.5. The summed E-state index contributed by atoms with van der Waals surface area (Å²) >= 11 is 0. The van der Waals surface area contributed by atoms with Gasteiger partial charge in [-0.2, -0.15) is 0 Å². The van der Waals surface area contributed by atoms with Crippen LogP contribution in [0.1, 0.15) is 18.9 Å². The molecule has 1 fully saturated rings. The molecule has 0 saturated carbocycles. The zero-order valence-electron chi connectivity index (χ0n) is 14.3. The summed E-state index contributed by atoms with van der Waals surface area (Å²) < 4.78 is 5.22. The van der Waals surface area contributed by atoms with Crippen molar-refractivity contribution < 1.29 is 19.4 Å². The van der Waals surface area contributed by atoms with Crippen molar-refractivity contribution in [1.82, 2.24) is 10.2 Å². The van der Waals surface area contributed by atoms with Crippen LogP contribution in [-0.4, -0.2) is 54.9 Å². The maximum Gasteiger partial charge on any atom is 0.317 e. The van der Waals surface area contributed by atoms with Gasteiger partial charge in [0.1, 0.15) is 0 Å². The van der Waals surface area contributed by atoms with Crippen molar-refractivity contribution >= 4 is 12.0 Å². The Bertz CT molecular complexity index is 549. The summed E-state index contributed by atoms with van der Waals surface area (Å²) in [4.78, 5) is 25.4. The number of nitrogens with one attached hydrogen (secondary N) is 1. The molecule has 1 aromatic carbocycles. The molecule has 0 spiro atoms. The predicted octanol–water partition coefficient (Wildman–Crippen LogP) is 2.00. The topological polar surface area (TPSA) is 78.9 Å². The Labute approximate surface area is 142 Å². The fourth-order valence-corrected chi connectivity index (χ4v) is 3.21. The highest BCUT2D eigenvalue weighted by Crippen LogP contribution is 2.23. The van der Waals surface area contributed by atoms with Crippen LogP contribution in [0.15, 0.2) is 30.3 Å². The zero-order chi connectivity index (χ0) is 17.5. The van der Waals surface area contributed by atoms with Gasteiger partial charge in [-0.05, 0) is 24.3 Å². The van der Waals surface area contributed by atoms with E-state index in [9.17, 15) is 14.7 Å². The second-order valence-corrected chi connectivity index (χ2v) is 6.45. The van der Waals surface area contributed by atoms with Crippen LogP contribution < -0.4 is 5.32 Å². The Hall–Kier alpha value is -2.08. The van der Waals surface area contributed by atoms with Gasteiger partial charge in [0, 0.05) is 20.2 Å². The molecule has 0 aliphatic carbocycles. The number of hydrogen-bond acceptors (Lipinski definition) is 3. The number of methoxy groups -OCH3 is 1. The van der Waals surface area contributed by atoms with Crippen molar-refractivity contribution in [2.24, 2.45) is 11.8 Å². The van der Waals surface area contributed by atoms with Crippen molar-refractivity contribution in [3.8, 4) is 0 Å². The number of carboxylic acids is 1. The molecule has 2 rings (SSSR count). The molecular formula is C18H26N2O4. The number of piperidine rings is 1. The van der Waals surface area contributed by atoms with E-state index in [1.165, 1.54) is 0 Å². The first-order chi connectivity index (χ1) is 11.5. The molecule has 1 heterocycles. The van der Waals surface area contributed by atoms with Gasteiger partial charge >= 0.3 is 12.0 Å². The Kier molecular flexibility index (Phi) is 6.61. The molecule has 1 aromatic rings. The SMILES string of the molecule is COCC(Cc1ccccc1)NC(=O)N1CCC(C(=O)O)C(C)C1. The van der Waals surface area contributed by atoms with Gasteiger partial charge in [-0.25, -0.2) is 4.79 Å². The lowest BCUT2D eigenvalue weighted by molar-refractivity contribution is -0.145. The van der Waals surface area contributed by atoms with Crippen molar-refractivity contribution in [2.75, 3.05) is 26.8 Å². The van der Waals surface area contributed by atoms with Crippen LogP contribution in [0.3, 0.4) is 0 Å². The molecule has 6 nitrogen and oxygen atoms in total. The fourth-order valence-electron chi connectivity index (χ4n) is 3.21. The van der Waals surface area contributed by atoms with Gasteiger partial charge in [0.2, 0.25) is 0 Å². The molecule has 2 amide bonds. The number of carbonyl (C=O) groups is 2. The van der Waals surface area contributed by atoms with Gasteiger partial charge in [-0.15, -0.1) is 0 Å². The molecule has 132 valence electrons. The minimum atomic E-state index is -0.774. The monoisotopic (exact) mass is 334 g/mol. The summed E-state index contributed by atoms with van der Waals surface area (Å²) in [6, 6.07) is 9.69. The van der Waals surface area contributed by atoms with Crippen LogP contribution in [0.2, 0.25) is 0 Å². The normalized spacial score (nSPS) is 22.0. The van der Waals surface area contributed by atoms with Crippen LogP contribution in [0.25, 0.3) is 0 Å². The Balaban J connectivity index is 1.92. The average Bonchev–Trinajstić information content (AvgIpc) is 2.55. The number of benzene rings is 1. The predicted molar refractivity (Wildman–Crippen MR) is 90.8 cm³/mol. The molecule has 0 radical (unpaired) electrons. The molecule has 0 aromatic heterocycles. The summed E-state index contributed by atoms with van der Waals surface area (Å²) in [6.07, 6.45) is 1.19. The van der Waals surface area contributed by atoms with Crippen LogP contribution in [-0.2, 0) is 16.0 Å². The number of urea groups is 1. The molecule has 0 bridgehead atoms. The summed E-state index contributed by atoms with van der Waals surface area (Å²) in [6.45, 7) is 3.25. The first kappa shape index (κ1) is 18.3. The second kappa shape index (κ2) is 8.68. The Morgan fingerprint density at radius 1 is 1.38 bits per heavy atom.